The zero-order chi connectivity index (χ0) is 20.8. The Labute approximate surface area is 173 Å². The van der Waals surface area contributed by atoms with Crippen LogP contribution in [-0.4, -0.2) is 36.3 Å². The second kappa shape index (κ2) is 9.70. The van der Waals surface area contributed by atoms with Crippen molar-refractivity contribution in [3.63, 3.8) is 0 Å². The van der Waals surface area contributed by atoms with Crippen molar-refractivity contribution in [2.24, 2.45) is 0 Å². The molecule has 1 unspecified atom stereocenters. The van der Waals surface area contributed by atoms with Gasteiger partial charge in [0, 0.05) is 12.1 Å². The first kappa shape index (κ1) is 21.1. The third kappa shape index (κ3) is 5.67. The third-order valence-corrected chi connectivity index (χ3v) is 5.75. The van der Waals surface area contributed by atoms with Crippen molar-refractivity contribution in [2.75, 3.05) is 18.9 Å². The maximum Gasteiger partial charge on any atom is 0.253 e. The third-order valence-electron chi connectivity index (χ3n) is 5.75. The molecule has 0 spiro atoms. The van der Waals surface area contributed by atoms with Gasteiger partial charge < -0.3 is 10.6 Å². The van der Waals surface area contributed by atoms with Crippen molar-refractivity contribution in [3.05, 3.63) is 65.2 Å². The molecule has 154 valence electrons. The van der Waals surface area contributed by atoms with Crippen LogP contribution >= 0.6 is 0 Å². The molecule has 0 heterocycles. The lowest BCUT2D eigenvalue weighted by atomic mass is 10.1. The van der Waals surface area contributed by atoms with Gasteiger partial charge in [-0.1, -0.05) is 54.8 Å². The van der Waals surface area contributed by atoms with Crippen molar-refractivity contribution in [1.82, 2.24) is 10.2 Å². The number of benzene rings is 2. The number of likely N-dealkylation sites (N-methyl/N-ethyl adjacent to an activating group) is 1. The first-order valence-corrected chi connectivity index (χ1v) is 10.4. The number of anilines is 1. The fraction of sp³-hybridized carbons (Fsp3) is 0.417. The molecule has 1 saturated carbocycles. The molecule has 2 N–H and O–H groups in total. The summed E-state index contributed by atoms with van der Waals surface area (Å²) >= 11 is 0. The van der Waals surface area contributed by atoms with Crippen LogP contribution in [0.1, 0.15) is 60.1 Å². The van der Waals surface area contributed by atoms with E-state index in [4.69, 9.17) is 0 Å². The maximum atomic E-state index is 12.7. The molecule has 2 aromatic rings. The van der Waals surface area contributed by atoms with Crippen LogP contribution in [0.2, 0.25) is 0 Å². The number of carbonyl (C=O) groups excluding carboxylic acids is 2. The molecule has 2 amide bonds. The maximum absolute atomic E-state index is 12.7. The van der Waals surface area contributed by atoms with Crippen molar-refractivity contribution in [2.45, 2.75) is 51.6 Å². The first-order chi connectivity index (χ1) is 13.9. The summed E-state index contributed by atoms with van der Waals surface area (Å²) in [5, 5.41) is 6.01. The lowest BCUT2D eigenvalue weighted by Gasteiger charge is -2.25. The summed E-state index contributed by atoms with van der Waals surface area (Å²) < 4.78 is 0. The molecule has 0 radical (unpaired) electrons. The molecule has 0 aliphatic heterocycles. The summed E-state index contributed by atoms with van der Waals surface area (Å²) in [7, 11) is 1.93. The molecule has 1 aliphatic carbocycles. The Morgan fingerprint density at radius 1 is 1.07 bits per heavy atom. The fourth-order valence-electron chi connectivity index (χ4n) is 3.78. The van der Waals surface area contributed by atoms with Crippen LogP contribution in [0.15, 0.2) is 48.5 Å². The largest absolute Gasteiger partial charge is 0.349 e. The molecular formula is C24H31N3O2. The fourth-order valence-corrected chi connectivity index (χ4v) is 3.78. The van der Waals surface area contributed by atoms with E-state index in [9.17, 15) is 9.59 Å². The van der Waals surface area contributed by atoms with E-state index in [2.05, 4.69) is 48.7 Å². The Morgan fingerprint density at radius 3 is 2.41 bits per heavy atom. The van der Waals surface area contributed by atoms with E-state index >= 15 is 0 Å². The quantitative estimate of drug-likeness (QED) is 0.737. The van der Waals surface area contributed by atoms with Gasteiger partial charge in [0.2, 0.25) is 5.91 Å². The van der Waals surface area contributed by atoms with Crippen LogP contribution in [0.25, 0.3) is 0 Å². The van der Waals surface area contributed by atoms with Crippen LogP contribution in [0, 0.1) is 6.92 Å². The molecule has 0 aromatic heterocycles. The SMILES string of the molecule is Cc1ccc(C(C)N(C)CC(=O)Nc2ccccc2C(=O)NC2CCCC2)cc1. The number of nitrogens with zero attached hydrogens (tertiary/aromatic N) is 1. The molecule has 3 rings (SSSR count). The van der Waals surface area contributed by atoms with E-state index in [0.717, 1.165) is 25.7 Å². The van der Waals surface area contributed by atoms with Gasteiger partial charge in [-0.2, -0.15) is 0 Å². The number of amides is 2. The standard InChI is InChI=1S/C24H31N3O2/c1-17-12-14-19(15-13-17)18(2)27(3)16-23(28)26-22-11-7-6-10-21(22)24(29)25-20-8-4-5-9-20/h6-7,10-15,18,20H,4-5,8-9,16H2,1-3H3,(H,25,29)(H,26,28). The predicted molar refractivity (Wildman–Crippen MR) is 117 cm³/mol. The number of hydrogen-bond acceptors (Lipinski definition) is 3. The minimum absolute atomic E-state index is 0.113. The number of rotatable bonds is 7. The predicted octanol–water partition coefficient (Wildman–Crippen LogP) is 4.30. The van der Waals surface area contributed by atoms with Crippen molar-refractivity contribution < 1.29 is 9.59 Å². The van der Waals surface area contributed by atoms with Crippen LogP contribution < -0.4 is 10.6 Å². The van der Waals surface area contributed by atoms with Gasteiger partial charge >= 0.3 is 0 Å². The highest BCUT2D eigenvalue weighted by Gasteiger charge is 2.21. The summed E-state index contributed by atoms with van der Waals surface area (Å²) in [5.41, 5.74) is 3.46. The zero-order valence-electron chi connectivity index (χ0n) is 17.6. The highest BCUT2D eigenvalue weighted by molar-refractivity contribution is 6.04. The molecule has 5 nitrogen and oxygen atoms in total. The van der Waals surface area contributed by atoms with Crippen LogP contribution in [0.5, 0.6) is 0 Å². The summed E-state index contributed by atoms with van der Waals surface area (Å²) in [6.45, 7) is 4.39. The van der Waals surface area contributed by atoms with E-state index in [1.807, 2.05) is 24.1 Å². The van der Waals surface area contributed by atoms with Crippen LogP contribution in [-0.2, 0) is 4.79 Å². The van der Waals surface area contributed by atoms with E-state index in [0.29, 0.717) is 11.3 Å². The molecule has 29 heavy (non-hydrogen) atoms. The lowest BCUT2D eigenvalue weighted by Crippen LogP contribution is -2.35. The number of aryl methyl sites for hydroxylation is 1. The Morgan fingerprint density at radius 2 is 1.72 bits per heavy atom. The molecule has 0 bridgehead atoms. The van der Waals surface area contributed by atoms with E-state index in [1.54, 1.807) is 12.1 Å². The highest BCUT2D eigenvalue weighted by Crippen LogP contribution is 2.21. The molecule has 1 aliphatic rings. The summed E-state index contributed by atoms with van der Waals surface area (Å²) in [6.07, 6.45) is 4.38. The molecule has 2 aromatic carbocycles. The molecule has 5 heteroatoms. The average molecular weight is 394 g/mol. The molecule has 1 atom stereocenters. The summed E-state index contributed by atoms with van der Waals surface area (Å²) in [6, 6.07) is 15.9. The number of carbonyl (C=O) groups is 2. The van der Waals surface area contributed by atoms with E-state index in [-0.39, 0.29) is 30.4 Å². The average Bonchev–Trinajstić information content (AvgIpc) is 3.21. The van der Waals surface area contributed by atoms with Gasteiger partial charge in [0.25, 0.3) is 5.91 Å². The Hall–Kier alpha value is -2.66. The molecule has 0 saturated heterocycles. The van der Waals surface area contributed by atoms with Crippen LogP contribution in [0.3, 0.4) is 0 Å². The van der Waals surface area contributed by atoms with Gasteiger partial charge in [-0.15, -0.1) is 0 Å². The minimum Gasteiger partial charge on any atom is -0.349 e. The smallest absolute Gasteiger partial charge is 0.253 e. The highest BCUT2D eigenvalue weighted by atomic mass is 16.2. The van der Waals surface area contributed by atoms with Gasteiger partial charge in [0.05, 0.1) is 17.8 Å². The Kier molecular flexibility index (Phi) is 7.04. The van der Waals surface area contributed by atoms with Crippen molar-refractivity contribution in [3.8, 4) is 0 Å². The van der Waals surface area contributed by atoms with Gasteiger partial charge in [-0.3, -0.25) is 14.5 Å². The second-order valence-corrected chi connectivity index (χ2v) is 8.05. The normalized spacial score (nSPS) is 15.3. The topological polar surface area (TPSA) is 61.4 Å². The number of para-hydroxylation sites is 1. The summed E-state index contributed by atoms with van der Waals surface area (Å²) in [5.74, 6) is -0.248. The van der Waals surface area contributed by atoms with Gasteiger partial charge in [0.15, 0.2) is 0 Å². The second-order valence-electron chi connectivity index (χ2n) is 8.05. The number of nitrogens with one attached hydrogen (secondary N) is 2. The van der Waals surface area contributed by atoms with Crippen molar-refractivity contribution in [1.29, 1.82) is 0 Å². The van der Waals surface area contributed by atoms with Gasteiger partial charge in [-0.25, -0.2) is 0 Å². The first-order valence-electron chi connectivity index (χ1n) is 10.4. The van der Waals surface area contributed by atoms with E-state index in [1.165, 1.54) is 11.1 Å². The number of hydrogen-bond donors (Lipinski definition) is 2. The molecule has 1 fully saturated rings. The van der Waals surface area contributed by atoms with Gasteiger partial charge in [0.1, 0.15) is 0 Å². The van der Waals surface area contributed by atoms with E-state index < -0.39 is 0 Å². The Balaban J connectivity index is 1.61. The van der Waals surface area contributed by atoms with Crippen molar-refractivity contribution >= 4 is 17.5 Å². The van der Waals surface area contributed by atoms with Gasteiger partial charge in [-0.05, 0) is 51.4 Å². The lowest BCUT2D eigenvalue weighted by molar-refractivity contribution is -0.117. The monoisotopic (exact) mass is 393 g/mol. The van der Waals surface area contributed by atoms with Crippen LogP contribution in [0.4, 0.5) is 5.69 Å². The minimum atomic E-state index is -0.132. The zero-order valence-corrected chi connectivity index (χ0v) is 17.6. The summed E-state index contributed by atoms with van der Waals surface area (Å²) in [4.78, 5) is 27.3. The Bertz CT molecular complexity index is 841. The molecular weight excluding hydrogens is 362 g/mol.